The number of nitrogens with zero attached hydrogens (tertiary/aromatic N) is 2. The fraction of sp³-hybridized carbons (Fsp3) is 0.0435. The first-order valence-electron chi connectivity index (χ1n) is 8.70. The number of para-hydroxylation sites is 1. The van der Waals surface area contributed by atoms with Crippen molar-refractivity contribution in [3.8, 4) is 16.9 Å². The number of aryl methyl sites for hydroxylation is 1. The van der Waals surface area contributed by atoms with Gasteiger partial charge >= 0.3 is 0 Å². The van der Waals surface area contributed by atoms with E-state index in [0.29, 0.717) is 0 Å². The van der Waals surface area contributed by atoms with Crippen molar-refractivity contribution in [3.05, 3.63) is 100 Å². The molecule has 3 nitrogen and oxygen atoms in total. The molecule has 0 saturated heterocycles. The molecule has 0 fully saturated rings. The zero-order chi connectivity index (χ0) is 18.6. The second-order valence-corrected chi connectivity index (χ2v) is 7.47. The van der Waals surface area contributed by atoms with Crippen LogP contribution in [0.2, 0.25) is 0 Å². The van der Waals surface area contributed by atoms with Crippen LogP contribution in [0.4, 0.5) is 0 Å². The number of carbonyl (C=O) groups excluding carboxylic acids is 1. The highest BCUT2D eigenvalue weighted by molar-refractivity contribution is 7.14. The molecule has 2 aromatic heterocycles. The lowest BCUT2D eigenvalue weighted by atomic mass is 10.1. The average molecular weight is 370 g/mol. The van der Waals surface area contributed by atoms with Gasteiger partial charge in [-0.25, -0.2) is 4.68 Å². The third-order valence-electron chi connectivity index (χ3n) is 4.21. The maximum Gasteiger partial charge on any atom is 0.195 e. The molecule has 4 heteroatoms. The molecule has 2 heterocycles. The van der Waals surface area contributed by atoms with Gasteiger partial charge in [-0.1, -0.05) is 48.5 Å². The smallest absolute Gasteiger partial charge is 0.195 e. The van der Waals surface area contributed by atoms with Crippen LogP contribution in [0.1, 0.15) is 20.1 Å². The lowest BCUT2D eigenvalue weighted by molar-refractivity contribution is 0.105. The van der Waals surface area contributed by atoms with Crippen molar-refractivity contribution in [1.82, 2.24) is 9.78 Å². The van der Waals surface area contributed by atoms with Crippen LogP contribution in [0, 0.1) is 6.92 Å². The third kappa shape index (κ3) is 3.81. The first kappa shape index (κ1) is 17.2. The van der Waals surface area contributed by atoms with Crippen molar-refractivity contribution in [2.45, 2.75) is 6.92 Å². The van der Waals surface area contributed by atoms with E-state index >= 15 is 0 Å². The zero-order valence-corrected chi connectivity index (χ0v) is 15.7. The van der Waals surface area contributed by atoms with Crippen LogP contribution in [-0.4, -0.2) is 15.6 Å². The predicted octanol–water partition coefficient (Wildman–Crippen LogP) is 5.81. The second-order valence-electron chi connectivity index (χ2n) is 6.19. The van der Waals surface area contributed by atoms with Gasteiger partial charge in [-0.3, -0.25) is 4.79 Å². The molecule has 132 valence electrons. The summed E-state index contributed by atoms with van der Waals surface area (Å²) >= 11 is 1.51. The number of aromatic nitrogens is 2. The molecular weight excluding hydrogens is 352 g/mol. The molecule has 4 aromatic rings. The number of benzene rings is 2. The van der Waals surface area contributed by atoms with Gasteiger partial charge in [0.15, 0.2) is 5.78 Å². The first-order valence-corrected chi connectivity index (χ1v) is 9.52. The monoisotopic (exact) mass is 370 g/mol. The van der Waals surface area contributed by atoms with E-state index in [0.717, 1.165) is 32.3 Å². The SMILES string of the molecule is Cc1ccc(C(=O)/C=C/c2cn(-c3ccccc3)nc2-c2ccccc2)s1. The van der Waals surface area contributed by atoms with E-state index < -0.39 is 0 Å². The number of rotatable bonds is 5. The van der Waals surface area contributed by atoms with Crippen LogP contribution < -0.4 is 0 Å². The number of hydrogen-bond acceptors (Lipinski definition) is 3. The predicted molar refractivity (Wildman–Crippen MR) is 111 cm³/mol. The normalized spacial score (nSPS) is 11.1. The molecule has 0 aliphatic heterocycles. The number of thiophene rings is 1. The number of ketones is 1. The Morgan fingerprint density at radius 2 is 1.67 bits per heavy atom. The third-order valence-corrected chi connectivity index (χ3v) is 5.22. The molecule has 0 N–H and O–H groups in total. The van der Waals surface area contributed by atoms with Crippen LogP contribution in [0.5, 0.6) is 0 Å². The lowest BCUT2D eigenvalue weighted by Gasteiger charge is -2.00. The largest absolute Gasteiger partial charge is 0.288 e. The Hall–Kier alpha value is -3.24. The first-order chi connectivity index (χ1) is 13.2. The Kier molecular flexibility index (Phi) is 4.81. The molecule has 0 aliphatic carbocycles. The minimum atomic E-state index is 0.0135. The summed E-state index contributed by atoms with van der Waals surface area (Å²) in [6.45, 7) is 2.00. The highest BCUT2D eigenvalue weighted by Gasteiger charge is 2.11. The Morgan fingerprint density at radius 3 is 2.33 bits per heavy atom. The van der Waals surface area contributed by atoms with Gasteiger partial charge < -0.3 is 0 Å². The summed E-state index contributed by atoms with van der Waals surface area (Å²) in [5, 5.41) is 4.76. The van der Waals surface area contributed by atoms with E-state index in [2.05, 4.69) is 0 Å². The second kappa shape index (κ2) is 7.56. The van der Waals surface area contributed by atoms with Crippen LogP contribution in [-0.2, 0) is 0 Å². The van der Waals surface area contributed by atoms with E-state index in [1.165, 1.54) is 11.3 Å². The highest BCUT2D eigenvalue weighted by Crippen LogP contribution is 2.25. The van der Waals surface area contributed by atoms with E-state index in [-0.39, 0.29) is 5.78 Å². The van der Waals surface area contributed by atoms with Gasteiger partial charge in [0, 0.05) is 22.2 Å². The molecule has 0 bridgehead atoms. The number of allylic oxidation sites excluding steroid dienone is 1. The van der Waals surface area contributed by atoms with E-state index in [1.807, 2.05) is 96.7 Å². The lowest BCUT2D eigenvalue weighted by Crippen LogP contribution is -1.93. The summed E-state index contributed by atoms with van der Waals surface area (Å²) in [5.41, 5.74) is 3.76. The minimum Gasteiger partial charge on any atom is -0.288 e. The summed E-state index contributed by atoms with van der Waals surface area (Å²) in [6.07, 6.45) is 5.44. The zero-order valence-electron chi connectivity index (χ0n) is 14.9. The van der Waals surface area contributed by atoms with Crippen molar-refractivity contribution in [3.63, 3.8) is 0 Å². The fourth-order valence-electron chi connectivity index (χ4n) is 2.86. The molecule has 0 saturated carbocycles. The van der Waals surface area contributed by atoms with E-state index in [9.17, 15) is 4.79 Å². The minimum absolute atomic E-state index is 0.0135. The molecular formula is C23H18N2OS. The quantitative estimate of drug-likeness (QED) is 0.328. The van der Waals surface area contributed by atoms with Crippen molar-refractivity contribution < 1.29 is 4.79 Å². The van der Waals surface area contributed by atoms with Crippen molar-refractivity contribution in [2.75, 3.05) is 0 Å². The van der Waals surface area contributed by atoms with E-state index in [4.69, 9.17) is 5.10 Å². The summed E-state index contributed by atoms with van der Waals surface area (Å²) in [5.74, 6) is 0.0135. The van der Waals surface area contributed by atoms with Gasteiger partial charge in [-0.05, 0) is 43.3 Å². The van der Waals surface area contributed by atoms with Gasteiger partial charge in [-0.15, -0.1) is 11.3 Å². The van der Waals surface area contributed by atoms with Crippen LogP contribution in [0.25, 0.3) is 23.0 Å². The van der Waals surface area contributed by atoms with Crippen molar-refractivity contribution in [1.29, 1.82) is 0 Å². The molecule has 0 unspecified atom stereocenters. The Morgan fingerprint density at radius 1 is 0.963 bits per heavy atom. The van der Waals surface area contributed by atoms with Crippen LogP contribution in [0.15, 0.2) is 85.1 Å². The molecule has 0 atom stereocenters. The maximum absolute atomic E-state index is 12.5. The molecule has 2 aromatic carbocycles. The Balaban J connectivity index is 1.73. The van der Waals surface area contributed by atoms with Gasteiger partial charge in [0.1, 0.15) is 0 Å². The standard InChI is InChI=1S/C23H18N2OS/c1-17-12-15-22(27-17)21(26)14-13-19-16-25(20-10-6-3-7-11-20)24-23(19)18-8-4-2-5-9-18/h2-16H,1H3/b14-13+. The molecule has 0 radical (unpaired) electrons. The summed E-state index contributed by atoms with van der Waals surface area (Å²) in [6, 6.07) is 23.8. The van der Waals surface area contributed by atoms with Crippen LogP contribution >= 0.6 is 11.3 Å². The molecule has 4 rings (SSSR count). The van der Waals surface area contributed by atoms with Gasteiger partial charge in [0.25, 0.3) is 0 Å². The van der Waals surface area contributed by atoms with Gasteiger partial charge in [-0.2, -0.15) is 5.10 Å². The summed E-state index contributed by atoms with van der Waals surface area (Å²) in [7, 11) is 0. The summed E-state index contributed by atoms with van der Waals surface area (Å²) in [4.78, 5) is 14.3. The van der Waals surface area contributed by atoms with Crippen molar-refractivity contribution in [2.24, 2.45) is 0 Å². The fourth-order valence-corrected chi connectivity index (χ4v) is 3.64. The average Bonchev–Trinajstić information content (AvgIpc) is 3.34. The number of hydrogen-bond donors (Lipinski definition) is 0. The maximum atomic E-state index is 12.5. The van der Waals surface area contributed by atoms with Crippen molar-refractivity contribution >= 4 is 23.2 Å². The topological polar surface area (TPSA) is 34.9 Å². The van der Waals surface area contributed by atoms with Gasteiger partial charge in [0.2, 0.25) is 0 Å². The van der Waals surface area contributed by atoms with Gasteiger partial charge in [0.05, 0.1) is 16.3 Å². The highest BCUT2D eigenvalue weighted by atomic mass is 32.1. The molecule has 27 heavy (non-hydrogen) atoms. The number of carbonyl (C=O) groups is 1. The molecule has 0 amide bonds. The summed E-state index contributed by atoms with van der Waals surface area (Å²) < 4.78 is 1.85. The van der Waals surface area contributed by atoms with Crippen LogP contribution in [0.3, 0.4) is 0 Å². The Bertz CT molecular complexity index is 1090. The molecule has 0 spiro atoms. The Labute approximate surface area is 162 Å². The van der Waals surface area contributed by atoms with E-state index in [1.54, 1.807) is 6.08 Å². The molecule has 0 aliphatic rings.